The third-order valence-electron chi connectivity index (χ3n) is 3.05. The lowest BCUT2D eigenvalue weighted by molar-refractivity contribution is 0.0941. The van der Waals surface area contributed by atoms with Crippen molar-refractivity contribution in [1.82, 2.24) is 5.32 Å². The largest absolute Gasteiger partial charge is 0.493 e. The normalized spacial score (nSPS) is 13.3. The van der Waals surface area contributed by atoms with E-state index in [1.807, 2.05) is 0 Å². The van der Waals surface area contributed by atoms with Crippen LogP contribution < -0.4 is 14.8 Å². The van der Waals surface area contributed by atoms with Gasteiger partial charge in [0.15, 0.2) is 17.3 Å². The monoisotopic (exact) mass is 419 g/mol. The van der Waals surface area contributed by atoms with E-state index in [4.69, 9.17) is 53.3 Å². The zero-order valence-corrected chi connectivity index (χ0v) is 16.5. The number of carbonyl (C=O) groups is 1. The minimum atomic E-state index is -3.90. The van der Waals surface area contributed by atoms with Crippen molar-refractivity contribution in [3.8, 4) is 11.5 Å². The van der Waals surface area contributed by atoms with Gasteiger partial charge in [-0.25, -0.2) is 0 Å². The molecular formula is C13H17Cl3NO6P. The van der Waals surface area contributed by atoms with Crippen molar-refractivity contribution in [2.24, 2.45) is 0 Å². The maximum absolute atomic E-state index is 12.5. The van der Waals surface area contributed by atoms with Crippen molar-refractivity contribution in [1.29, 1.82) is 0 Å². The van der Waals surface area contributed by atoms with Gasteiger partial charge in [0.2, 0.25) is 3.79 Å². The van der Waals surface area contributed by atoms with Gasteiger partial charge in [-0.3, -0.25) is 9.36 Å². The predicted octanol–water partition coefficient (Wildman–Crippen LogP) is 3.62. The van der Waals surface area contributed by atoms with Crippen LogP contribution in [0.4, 0.5) is 0 Å². The Morgan fingerprint density at radius 2 is 1.62 bits per heavy atom. The molecule has 1 amide bonds. The molecule has 1 rings (SSSR count). The van der Waals surface area contributed by atoms with Crippen molar-refractivity contribution in [3.63, 3.8) is 0 Å². The highest BCUT2D eigenvalue weighted by Crippen LogP contribution is 2.57. The molecule has 0 saturated carbocycles. The molecule has 0 unspecified atom stereocenters. The summed E-state index contributed by atoms with van der Waals surface area (Å²) in [6.45, 7) is 0. The summed E-state index contributed by atoms with van der Waals surface area (Å²) in [7, 11) is 1.22. The number of halogens is 3. The highest BCUT2D eigenvalue weighted by molar-refractivity contribution is 7.55. The fraction of sp³-hybridized carbons (Fsp3) is 0.462. The molecule has 1 N–H and O–H groups in total. The Morgan fingerprint density at radius 3 is 2.04 bits per heavy atom. The lowest BCUT2D eigenvalue weighted by atomic mass is 10.2. The van der Waals surface area contributed by atoms with Crippen LogP contribution in [-0.2, 0) is 13.6 Å². The molecule has 0 bridgehead atoms. The lowest BCUT2D eigenvalue weighted by Crippen LogP contribution is -2.44. The number of benzene rings is 1. The molecule has 0 radical (unpaired) electrons. The number of amides is 1. The van der Waals surface area contributed by atoms with Gasteiger partial charge < -0.3 is 23.8 Å². The van der Waals surface area contributed by atoms with Crippen LogP contribution in [0, 0.1) is 0 Å². The van der Waals surface area contributed by atoms with E-state index in [1.54, 1.807) is 0 Å². The van der Waals surface area contributed by atoms with E-state index in [-0.39, 0.29) is 5.56 Å². The summed E-state index contributed by atoms with van der Waals surface area (Å²) in [4.78, 5) is 12.4. The number of hydrogen-bond acceptors (Lipinski definition) is 6. The molecule has 0 heterocycles. The summed E-state index contributed by atoms with van der Waals surface area (Å²) < 4.78 is 30.2. The van der Waals surface area contributed by atoms with Crippen LogP contribution in [0.3, 0.4) is 0 Å². The SMILES string of the molecule is COc1ccc(C(=O)N[C@H](C(Cl)(Cl)Cl)P(=O)(OC)OC)cc1OC. The molecule has 0 aromatic heterocycles. The van der Waals surface area contributed by atoms with Gasteiger partial charge in [-0.2, -0.15) is 0 Å². The maximum atomic E-state index is 12.5. The Bertz CT molecular complexity index is 629. The first-order valence-corrected chi connectivity index (χ1v) is 9.18. The fourth-order valence-electron chi connectivity index (χ4n) is 1.81. The zero-order valence-electron chi connectivity index (χ0n) is 13.3. The van der Waals surface area contributed by atoms with Crippen molar-refractivity contribution >= 4 is 48.3 Å². The minimum Gasteiger partial charge on any atom is -0.493 e. The number of hydrogen-bond donors (Lipinski definition) is 1. The molecule has 7 nitrogen and oxygen atoms in total. The summed E-state index contributed by atoms with van der Waals surface area (Å²) >= 11 is 17.5. The van der Waals surface area contributed by atoms with Crippen molar-refractivity contribution < 1.29 is 27.9 Å². The summed E-state index contributed by atoms with van der Waals surface area (Å²) in [6.07, 6.45) is 0. The van der Waals surface area contributed by atoms with Gasteiger partial charge in [0.25, 0.3) is 5.91 Å². The maximum Gasteiger partial charge on any atom is 0.356 e. The number of carbonyl (C=O) groups excluding carboxylic acids is 1. The Labute approximate surface area is 155 Å². The molecule has 11 heteroatoms. The molecule has 1 aromatic rings. The molecule has 0 saturated heterocycles. The first kappa shape index (κ1) is 21.4. The summed E-state index contributed by atoms with van der Waals surface area (Å²) in [5.41, 5.74) is 0.172. The van der Waals surface area contributed by atoms with Gasteiger partial charge in [0.1, 0.15) is 0 Å². The van der Waals surface area contributed by atoms with Crippen LogP contribution in [0.25, 0.3) is 0 Å². The summed E-state index contributed by atoms with van der Waals surface area (Å²) in [5.74, 6) is -1.42. The number of rotatable bonds is 7. The number of methoxy groups -OCH3 is 2. The third-order valence-corrected chi connectivity index (χ3v) is 6.33. The van der Waals surface area contributed by atoms with E-state index in [9.17, 15) is 9.36 Å². The molecule has 0 spiro atoms. The molecule has 0 aliphatic heterocycles. The van der Waals surface area contributed by atoms with Crippen LogP contribution in [0.5, 0.6) is 11.5 Å². The van der Waals surface area contributed by atoms with Crippen LogP contribution >= 0.6 is 42.4 Å². The Kier molecular flexibility index (Phi) is 7.66. The molecule has 1 atom stereocenters. The first-order chi connectivity index (χ1) is 11.1. The molecule has 0 fully saturated rings. The van der Waals surface area contributed by atoms with E-state index in [0.717, 1.165) is 14.2 Å². The molecular weight excluding hydrogens is 403 g/mol. The van der Waals surface area contributed by atoms with E-state index >= 15 is 0 Å². The van der Waals surface area contributed by atoms with E-state index in [1.165, 1.54) is 32.4 Å². The van der Waals surface area contributed by atoms with Crippen molar-refractivity contribution in [2.75, 3.05) is 28.4 Å². The van der Waals surface area contributed by atoms with Crippen LogP contribution in [0.15, 0.2) is 18.2 Å². The molecule has 1 aromatic carbocycles. The molecule has 24 heavy (non-hydrogen) atoms. The summed E-state index contributed by atoms with van der Waals surface area (Å²) in [6, 6.07) is 4.43. The second-order valence-electron chi connectivity index (χ2n) is 4.39. The van der Waals surface area contributed by atoms with Gasteiger partial charge in [-0.05, 0) is 18.2 Å². The number of alkyl halides is 3. The average molecular weight is 421 g/mol. The lowest BCUT2D eigenvalue weighted by Gasteiger charge is -2.30. The first-order valence-electron chi connectivity index (χ1n) is 6.43. The zero-order chi connectivity index (χ0) is 18.5. The Morgan fingerprint density at radius 1 is 1.08 bits per heavy atom. The molecule has 0 aliphatic carbocycles. The number of ether oxygens (including phenoxy) is 2. The van der Waals surface area contributed by atoms with Crippen LogP contribution in [0.2, 0.25) is 0 Å². The highest BCUT2D eigenvalue weighted by atomic mass is 35.6. The van der Waals surface area contributed by atoms with Gasteiger partial charge in [-0.1, -0.05) is 34.8 Å². The second-order valence-corrected chi connectivity index (χ2v) is 9.09. The standard InChI is InChI=1S/C13H17Cl3NO6P/c1-20-9-6-5-8(7-10(9)21-2)11(18)17-12(13(14,15)16)24(19,22-3)23-4/h5-7,12H,1-4H3,(H,17,18)/t12-/m0/s1. The summed E-state index contributed by atoms with van der Waals surface area (Å²) in [5, 5.41) is 2.36. The van der Waals surface area contributed by atoms with E-state index in [0.29, 0.717) is 11.5 Å². The van der Waals surface area contributed by atoms with E-state index < -0.39 is 23.1 Å². The van der Waals surface area contributed by atoms with E-state index in [2.05, 4.69) is 5.32 Å². The molecule has 136 valence electrons. The average Bonchev–Trinajstić information content (AvgIpc) is 2.57. The highest BCUT2D eigenvalue weighted by Gasteiger charge is 2.49. The van der Waals surface area contributed by atoms with Gasteiger partial charge in [0.05, 0.1) is 14.2 Å². The topological polar surface area (TPSA) is 83.1 Å². The van der Waals surface area contributed by atoms with Crippen molar-refractivity contribution in [3.05, 3.63) is 23.8 Å². The van der Waals surface area contributed by atoms with Crippen molar-refractivity contribution in [2.45, 2.75) is 9.58 Å². The predicted molar refractivity (Wildman–Crippen MR) is 92.7 cm³/mol. The van der Waals surface area contributed by atoms with Gasteiger partial charge in [-0.15, -0.1) is 0 Å². The van der Waals surface area contributed by atoms with Gasteiger partial charge >= 0.3 is 7.60 Å². The Hall–Kier alpha value is -0.690. The smallest absolute Gasteiger partial charge is 0.356 e. The second kappa shape index (κ2) is 8.61. The van der Waals surface area contributed by atoms with Crippen LogP contribution in [0.1, 0.15) is 10.4 Å². The van der Waals surface area contributed by atoms with Gasteiger partial charge in [0, 0.05) is 19.8 Å². The third kappa shape index (κ3) is 4.91. The number of nitrogens with one attached hydrogen (secondary N) is 1. The minimum absolute atomic E-state index is 0.172. The quantitative estimate of drug-likeness (QED) is 0.536. The van der Waals surface area contributed by atoms with Crippen LogP contribution in [-0.4, -0.2) is 43.9 Å². The Balaban J connectivity index is 3.16. The molecule has 0 aliphatic rings. The fourth-order valence-corrected chi connectivity index (χ4v) is 4.25.